The van der Waals surface area contributed by atoms with Crippen LogP contribution >= 0.6 is 23.2 Å². The Bertz CT molecular complexity index is 1030. The summed E-state index contributed by atoms with van der Waals surface area (Å²) >= 11 is 12.3. The fourth-order valence-electron chi connectivity index (χ4n) is 3.18. The minimum absolute atomic E-state index is 0.148. The summed E-state index contributed by atoms with van der Waals surface area (Å²) in [6.07, 6.45) is 2.47. The Morgan fingerprint density at radius 3 is 2.53 bits per heavy atom. The van der Waals surface area contributed by atoms with Gasteiger partial charge in [0.2, 0.25) is 11.8 Å². The number of nitrogens with zero attached hydrogens (tertiary/aromatic N) is 2. The lowest BCUT2D eigenvalue weighted by atomic mass is 9.82. The lowest BCUT2D eigenvalue weighted by molar-refractivity contribution is -0.154. The average molecular weight is 508 g/mol. The number of rotatable bonds is 8. The van der Waals surface area contributed by atoms with Crippen molar-refractivity contribution in [2.45, 2.75) is 39.3 Å². The summed E-state index contributed by atoms with van der Waals surface area (Å²) in [6.45, 7) is 4.84. The second-order valence-electron chi connectivity index (χ2n) is 7.57. The maximum atomic E-state index is 12.0. The second kappa shape index (κ2) is 12.4. The van der Waals surface area contributed by atoms with Crippen molar-refractivity contribution >= 4 is 46.8 Å². The summed E-state index contributed by atoms with van der Waals surface area (Å²) in [5.41, 5.74) is 1.38. The molecule has 2 amide bonds. The van der Waals surface area contributed by atoms with Crippen LogP contribution in [0, 0.1) is 5.92 Å². The summed E-state index contributed by atoms with van der Waals surface area (Å²) in [5.74, 6) is 0.135. The third-order valence-electron chi connectivity index (χ3n) is 4.97. The topological polar surface area (TPSA) is 114 Å². The Hall–Kier alpha value is -3.04. The highest BCUT2D eigenvalue weighted by atomic mass is 35.5. The number of esters is 1. The van der Waals surface area contributed by atoms with Crippen LogP contribution in [0.5, 0.6) is 5.88 Å². The quantitative estimate of drug-likeness (QED) is 0.280. The standard InChI is InChI=1S/C23H27Cl2N5O4/c1-3-26-23(32)30-22(28-12-14-5-7-16(24)8-6-14)29-17-11-19(25)20(27-13-17)34-18-9-15(10-18)21(31)33-4-2/h5-8,11,13,15,18H,3-4,9-10,12H2,1-2H3,(H3,26,28,29,30,32)/t15-,18+. The Morgan fingerprint density at radius 1 is 1.15 bits per heavy atom. The number of pyridine rings is 1. The first-order valence-corrected chi connectivity index (χ1v) is 11.7. The largest absolute Gasteiger partial charge is 0.473 e. The van der Waals surface area contributed by atoms with E-state index in [4.69, 9.17) is 32.7 Å². The van der Waals surface area contributed by atoms with Gasteiger partial charge >= 0.3 is 12.0 Å². The monoisotopic (exact) mass is 507 g/mol. The molecule has 0 atom stereocenters. The fraction of sp³-hybridized carbons (Fsp3) is 0.391. The van der Waals surface area contributed by atoms with Gasteiger partial charge in [0, 0.05) is 18.1 Å². The highest BCUT2D eigenvalue weighted by Crippen LogP contribution is 2.35. The van der Waals surface area contributed by atoms with Crippen LogP contribution in [-0.4, -0.2) is 42.2 Å². The number of halogens is 2. The van der Waals surface area contributed by atoms with Gasteiger partial charge in [0.05, 0.1) is 24.4 Å². The Morgan fingerprint density at radius 2 is 1.88 bits per heavy atom. The van der Waals surface area contributed by atoms with Gasteiger partial charge in [-0.1, -0.05) is 35.3 Å². The van der Waals surface area contributed by atoms with Crippen molar-refractivity contribution in [3.63, 3.8) is 0 Å². The Kier molecular flexibility index (Phi) is 9.35. The smallest absolute Gasteiger partial charge is 0.321 e. The third kappa shape index (κ3) is 7.50. The molecule has 0 aliphatic heterocycles. The molecule has 11 heteroatoms. The normalized spacial score (nSPS) is 17.4. The van der Waals surface area contributed by atoms with Crippen LogP contribution in [0.15, 0.2) is 41.5 Å². The van der Waals surface area contributed by atoms with Gasteiger partial charge in [0.15, 0.2) is 0 Å². The van der Waals surface area contributed by atoms with Crippen LogP contribution in [0.1, 0.15) is 32.3 Å². The number of aliphatic imine (C=N–C) groups is 1. The van der Waals surface area contributed by atoms with E-state index in [1.54, 1.807) is 25.1 Å². The molecule has 182 valence electrons. The molecule has 34 heavy (non-hydrogen) atoms. The third-order valence-corrected chi connectivity index (χ3v) is 5.49. The van der Waals surface area contributed by atoms with Crippen molar-refractivity contribution in [3.05, 3.63) is 52.1 Å². The zero-order valence-corrected chi connectivity index (χ0v) is 20.4. The van der Waals surface area contributed by atoms with E-state index in [9.17, 15) is 9.59 Å². The minimum Gasteiger partial charge on any atom is -0.473 e. The molecule has 1 aliphatic carbocycles. The number of hydrogen-bond donors (Lipinski definition) is 3. The van der Waals surface area contributed by atoms with Crippen molar-refractivity contribution < 1.29 is 19.1 Å². The van der Waals surface area contributed by atoms with E-state index in [1.807, 2.05) is 19.1 Å². The molecule has 2 aromatic rings. The van der Waals surface area contributed by atoms with Crippen LogP contribution in [0.3, 0.4) is 0 Å². The molecule has 9 nitrogen and oxygen atoms in total. The zero-order valence-electron chi connectivity index (χ0n) is 18.9. The maximum Gasteiger partial charge on any atom is 0.321 e. The van der Waals surface area contributed by atoms with Crippen molar-refractivity contribution in [3.8, 4) is 5.88 Å². The van der Waals surface area contributed by atoms with E-state index in [-0.39, 0.29) is 34.9 Å². The molecule has 0 bridgehead atoms. The van der Waals surface area contributed by atoms with Crippen LogP contribution in [0.4, 0.5) is 10.5 Å². The number of guanidine groups is 1. The number of urea groups is 1. The predicted octanol–water partition coefficient (Wildman–Crippen LogP) is 4.21. The SMILES string of the molecule is CCNC(=O)N/C(=N\c1cnc(O[C@H]2C[C@@H](C(=O)OCC)C2)c(Cl)c1)NCc1ccc(Cl)cc1. The van der Waals surface area contributed by atoms with E-state index in [1.165, 1.54) is 6.20 Å². The maximum absolute atomic E-state index is 12.0. The number of aromatic nitrogens is 1. The van der Waals surface area contributed by atoms with Gasteiger partial charge in [-0.2, -0.15) is 0 Å². The van der Waals surface area contributed by atoms with Crippen LogP contribution in [-0.2, 0) is 16.1 Å². The van der Waals surface area contributed by atoms with Gasteiger partial charge in [-0.25, -0.2) is 14.8 Å². The summed E-state index contributed by atoms with van der Waals surface area (Å²) in [7, 11) is 0. The first kappa shape index (κ1) is 25.6. The summed E-state index contributed by atoms with van der Waals surface area (Å²) in [5, 5.41) is 9.34. The number of ether oxygens (including phenoxy) is 2. The molecule has 0 spiro atoms. The van der Waals surface area contributed by atoms with Gasteiger partial charge in [-0.05, 0) is 50.5 Å². The van der Waals surface area contributed by atoms with Gasteiger partial charge < -0.3 is 20.1 Å². The van der Waals surface area contributed by atoms with Crippen LogP contribution in [0.25, 0.3) is 0 Å². The van der Waals surface area contributed by atoms with Crippen LogP contribution in [0.2, 0.25) is 10.0 Å². The number of hydrogen-bond acceptors (Lipinski definition) is 6. The van der Waals surface area contributed by atoms with E-state index in [0.717, 1.165) is 5.56 Å². The van der Waals surface area contributed by atoms with Crippen molar-refractivity contribution in [1.29, 1.82) is 0 Å². The fourth-order valence-corrected chi connectivity index (χ4v) is 3.51. The molecular weight excluding hydrogens is 481 g/mol. The molecule has 1 heterocycles. The molecule has 1 aromatic heterocycles. The molecule has 1 aromatic carbocycles. The Balaban J connectivity index is 1.65. The average Bonchev–Trinajstić information content (AvgIpc) is 2.77. The van der Waals surface area contributed by atoms with E-state index in [2.05, 4.69) is 25.9 Å². The summed E-state index contributed by atoms with van der Waals surface area (Å²) in [6, 6.07) is 8.50. The number of carbonyl (C=O) groups excluding carboxylic acids is 2. The molecular formula is C23H27Cl2N5O4. The van der Waals surface area contributed by atoms with E-state index < -0.39 is 6.03 Å². The second-order valence-corrected chi connectivity index (χ2v) is 8.41. The van der Waals surface area contributed by atoms with E-state index >= 15 is 0 Å². The van der Waals surface area contributed by atoms with Crippen molar-refractivity contribution in [2.24, 2.45) is 10.9 Å². The number of carbonyl (C=O) groups is 2. The molecule has 3 rings (SSSR count). The molecule has 1 fully saturated rings. The highest BCUT2D eigenvalue weighted by Gasteiger charge is 2.37. The van der Waals surface area contributed by atoms with Gasteiger partial charge in [0.25, 0.3) is 0 Å². The Labute approximate surface area is 208 Å². The van der Waals surface area contributed by atoms with Crippen molar-refractivity contribution in [1.82, 2.24) is 20.9 Å². The minimum atomic E-state index is -0.398. The molecule has 1 saturated carbocycles. The molecule has 3 N–H and O–H groups in total. The zero-order chi connectivity index (χ0) is 24.5. The number of benzene rings is 1. The van der Waals surface area contributed by atoms with Gasteiger partial charge in [0.1, 0.15) is 11.1 Å². The number of nitrogens with one attached hydrogen (secondary N) is 3. The van der Waals surface area contributed by atoms with E-state index in [0.29, 0.717) is 43.2 Å². The molecule has 0 saturated heterocycles. The van der Waals surface area contributed by atoms with Crippen LogP contribution < -0.4 is 20.7 Å². The molecule has 0 radical (unpaired) electrons. The first-order valence-electron chi connectivity index (χ1n) is 11.0. The summed E-state index contributed by atoms with van der Waals surface area (Å²) in [4.78, 5) is 32.5. The lowest BCUT2D eigenvalue weighted by Gasteiger charge is -2.33. The molecule has 1 aliphatic rings. The van der Waals surface area contributed by atoms with Gasteiger partial charge in [-0.3, -0.25) is 10.1 Å². The lowest BCUT2D eigenvalue weighted by Crippen LogP contribution is -2.45. The molecule has 0 unspecified atom stereocenters. The predicted molar refractivity (Wildman–Crippen MR) is 131 cm³/mol. The van der Waals surface area contributed by atoms with Gasteiger partial charge in [-0.15, -0.1) is 0 Å². The number of amides is 2. The van der Waals surface area contributed by atoms with Crippen molar-refractivity contribution in [2.75, 3.05) is 13.2 Å². The highest BCUT2D eigenvalue weighted by molar-refractivity contribution is 6.32. The first-order chi connectivity index (χ1) is 16.4. The summed E-state index contributed by atoms with van der Waals surface area (Å²) < 4.78 is 10.8.